The smallest absolute Gasteiger partial charge is 0.123 e. The molecule has 0 heterocycles. The third-order valence-electron chi connectivity index (χ3n) is 3.34. The Labute approximate surface area is 107 Å². The summed E-state index contributed by atoms with van der Waals surface area (Å²) in [5, 5.41) is 3.31. The molecule has 3 rings (SSSR count). The molecule has 0 bridgehead atoms. The lowest BCUT2D eigenvalue weighted by atomic mass is 10.1. The number of anilines is 1. The number of nitrogens with one attached hydrogen (secondary N) is 1. The van der Waals surface area contributed by atoms with Crippen LogP contribution in [0.3, 0.4) is 0 Å². The van der Waals surface area contributed by atoms with Crippen LogP contribution in [0, 0.1) is 5.82 Å². The van der Waals surface area contributed by atoms with Crippen LogP contribution >= 0.6 is 0 Å². The first-order valence-electron chi connectivity index (χ1n) is 6.39. The van der Waals surface area contributed by atoms with Crippen molar-refractivity contribution in [3.05, 3.63) is 65.5 Å². The number of benzene rings is 2. The van der Waals surface area contributed by atoms with Gasteiger partial charge in [-0.2, -0.15) is 0 Å². The summed E-state index contributed by atoms with van der Waals surface area (Å²) in [6.07, 6.45) is 2.66. The first-order chi connectivity index (χ1) is 8.81. The van der Waals surface area contributed by atoms with Crippen LogP contribution in [0.25, 0.3) is 0 Å². The van der Waals surface area contributed by atoms with Crippen molar-refractivity contribution >= 4 is 5.69 Å². The lowest BCUT2D eigenvalue weighted by Gasteiger charge is -2.08. The summed E-state index contributed by atoms with van der Waals surface area (Å²) in [6.45, 7) is 0.784. The van der Waals surface area contributed by atoms with Gasteiger partial charge in [0.2, 0.25) is 0 Å². The maximum absolute atomic E-state index is 12.8. The van der Waals surface area contributed by atoms with Gasteiger partial charge in [-0.15, -0.1) is 0 Å². The van der Waals surface area contributed by atoms with E-state index in [0.717, 1.165) is 18.2 Å². The van der Waals surface area contributed by atoms with Gasteiger partial charge in [0, 0.05) is 12.2 Å². The third-order valence-corrected chi connectivity index (χ3v) is 3.34. The second-order valence-corrected chi connectivity index (χ2v) is 4.88. The molecule has 2 aromatic carbocycles. The summed E-state index contributed by atoms with van der Waals surface area (Å²) < 4.78 is 12.8. The highest BCUT2D eigenvalue weighted by atomic mass is 19.1. The molecule has 1 nitrogen and oxygen atoms in total. The van der Waals surface area contributed by atoms with E-state index < -0.39 is 0 Å². The molecule has 0 aromatic heterocycles. The molecule has 18 heavy (non-hydrogen) atoms. The van der Waals surface area contributed by atoms with Crippen molar-refractivity contribution in [1.29, 1.82) is 0 Å². The quantitative estimate of drug-likeness (QED) is 0.840. The largest absolute Gasteiger partial charge is 0.381 e. The van der Waals surface area contributed by atoms with Crippen LogP contribution in [-0.2, 0) is 6.54 Å². The maximum atomic E-state index is 12.8. The standard InChI is InChI=1S/C16H16FN/c17-15-6-8-16(9-7-15)18-11-12-2-1-3-14(10-12)13-4-5-13/h1-3,6-10,13,18H,4-5,11H2. The number of rotatable bonds is 4. The van der Waals surface area contributed by atoms with Crippen LogP contribution in [0.1, 0.15) is 29.9 Å². The summed E-state index contributed by atoms with van der Waals surface area (Å²) >= 11 is 0. The van der Waals surface area contributed by atoms with Gasteiger partial charge in [-0.05, 0) is 54.2 Å². The summed E-state index contributed by atoms with van der Waals surface area (Å²) in [5.74, 6) is 0.590. The predicted octanol–water partition coefficient (Wildman–Crippen LogP) is 4.32. The molecular formula is C16H16FN. The Morgan fingerprint density at radius 1 is 1.06 bits per heavy atom. The monoisotopic (exact) mass is 241 g/mol. The van der Waals surface area contributed by atoms with Gasteiger partial charge < -0.3 is 5.32 Å². The van der Waals surface area contributed by atoms with E-state index in [1.807, 2.05) is 0 Å². The van der Waals surface area contributed by atoms with E-state index in [2.05, 4.69) is 29.6 Å². The van der Waals surface area contributed by atoms with Crippen LogP contribution in [0.4, 0.5) is 10.1 Å². The summed E-state index contributed by atoms with van der Waals surface area (Å²) in [4.78, 5) is 0. The molecule has 0 atom stereocenters. The minimum Gasteiger partial charge on any atom is -0.381 e. The van der Waals surface area contributed by atoms with E-state index in [4.69, 9.17) is 0 Å². The molecule has 0 aliphatic heterocycles. The second kappa shape index (κ2) is 4.81. The van der Waals surface area contributed by atoms with Crippen LogP contribution in [0.15, 0.2) is 48.5 Å². The Hall–Kier alpha value is -1.83. The van der Waals surface area contributed by atoms with Crippen LogP contribution in [0.5, 0.6) is 0 Å². The van der Waals surface area contributed by atoms with Crippen LogP contribution in [-0.4, -0.2) is 0 Å². The molecule has 0 amide bonds. The summed E-state index contributed by atoms with van der Waals surface area (Å²) in [5.41, 5.74) is 3.69. The van der Waals surface area contributed by atoms with Gasteiger partial charge in [0.05, 0.1) is 0 Å². The molecule has 0 radical (unpaired) electrons. The highest BCUT2D eigenvalue weighted by Gasteiger charge is 2.23. The Morgan fingerprint density at radius 2 is 1.83 bits per heavy atom. The Kier molecular flexibility index (Phi) is 3.01. The fourth-order valence-electron chi connectivity index (χ4n) is 2.15. The van der Waals surface area contributed by atoms with Gasteiger partial charge in [0.15, 0.2) is 0 Å². The van der Waals surface area contributed by atoms with Crippen molar-refractivity contribution in [3.63, 3.8) is 0 Å². The first kappa shape index (κ1) is 11.3. The van der Waals surface area contributed by atoms with E-state index in [-0.39, 0.29) is 5.82 Å². The molecule has 2 heteroatoms. The predicted molar refractivity (Wildman–Crippen MR) is 72.1 cm³/mol. The first-order valence-corrected chi connectivity index (χ1v) is 6.39. The van der Waals surface area contributed by atoms with E-state index in [0.29, 0.717) is 0 Å². The van der Waals surface area contributed by atoms with Gasteiger partial charge in [-0.25, -0.2) is 4.39 Å². The zero-order chi connectivity index (χ0) is 12.4. The van der Waals surface area contributed by atoms with Crippen molar-refractivity contribution in [2.75, 3.05) is 5.32 Å². The molecule has 0 unspecified atom stereocenters. The molecule has 1 aliphatic rings. The number of hydrogen-bond acceptors (Lipinski definition) is 1. The van der Waals surface area contributed by atoms with Gasteiger partial charge >= 0.3 is 0 Å². The van der Waals surface area contributed by atoms with Crippen LogP contribution < -0.4 is 5.32 Å². The second-order valence-electron chi connectivity index (χ2n) is 4.88. The van der Waals surface area contributed by atoms with Gasteiger partial charge in [0.1, 0.15) is 5.82 Å². The molecule has 0 saturated heterocycles. The minimum absolute atomic E-state index is 0.198. The molecular weight excluding hydrogens is 225 g/mol. The SMILES string of the molecule is Fc1ccc(NCc2cccc(C3CC3)c2)cc1. The van der Waals surface area contributed by atoms with E-state index in [1.165, 1.54) is 36.1 Å². The lowest BCUT2D eigenvalue weighted by Crippen LogP contribution is -1.99. The van der Waals surface area contributed by atoms with Crippen molar-refractivity contribution in [3.8, 4) is 0 Å². The van der Waals surface area contributed by atoms with Gasteiger partial charge in [-0.1, -0.05) is 24.3 Å². The fraction of sp³-hybridized carbons (Fsp3) is 0.250. The van der Waals surface area contributed by atoms with E-state index in [9.17, 15) is 4.39 Å². The van der Waals surface area contributed by atoms with Crippen molar-refractivity contribution < 1.29 is 4.39 Å². The van der Waals surface area contributed by atoms with E-state index >= 15 is 0 Å². The van der Waals surface area contributed by atoms with Gasteiger partial charge in [-0.3, -0.25) is 0 Å². The molecule has 1 aliphatic carbocycles. The lowest BCUT2D eigenvalue weighted by molar-refractivity contribution is 0.628. The molecule has 2 aromatic rings. The molecule has 0 spiro atoms. The van der Waals surface area contributed by atoms with Crippen LogP contribution in [0.2, 0.25) is 0 Å². The average Bonchev–Trinajstić information content (AvgIpc) is 3.23. The normalized spacial score (nSPS) is 14.5. The highest BCUT2D eigenvalue weighted by Crippen LogP contribution is 2.40. The van der Waals surface area contributed by atoms with Gasteiger partial charge in [0.25, 0.3) is 0 Å². The zero-order valence-electron chi connectivity index (χ0n) is 10.2. The number of hydrogen-bond donors (Lipinski definition) is 1. The maximum Gasteiger partial charge on any atom is 0.123 e. The fourth-order valence-corrected chi connectivity index (χ4v) is 2.15. The Morgan fingerprint density at radius 3 is 2.56 bits per heavy atom. The van der Waals surface area contributed by atoms with Crippen molar-refractivity contribution in [2.24, 2.45) is 0 Å². The molecule has 1 saturated carbocycles. The number of halogens is 1. The molecule has 92 valence electrons. The highest BCUT2D eigenvalue weighted by molar-refractivity contribution is 5.43. The molecule has 1 N–H and O–H groups in total. The van der Waals surface area contributed by atoms with Crippen molar-refractivity contribution in [2.45, 2.75) is 25.3 Å². The Bertz CT molecular complexity index is 529. The Balaban J connectivity index is 1.65. The summed E-state index contributed by atoms with van der Waals surface area (Å²) in [6, 6.07) is 15.2. The molecule has 1 fully saturated rings. The van der Waals surface area contributed by atoms with E-state index in [1.54, 1.807) is 12.1 Å². The zero-order valence-corrected chi connectivity index (χ0v) is 10.2. The third kappa shape index (κ3) is 2.70. The summed E-state index contributed by atoms with van der Waals surface area (Å²) in [7, 11) is 0. The van der Waals surface area contributed by atoms with Crippen molar-refractivity contribution in [1.82, 2.24) is 0 Å². The average molecular weight is 241 g/mol. The minimum atomic E-state index is -0.198. The topological polar surface area (TPSA) is 12.0 Å².